The molecule has 1 aliphatic rings. The number of Topliss-reactive ketones (excluding diaryl/α,β-unsaturated/α-hetero) is 1. The lowest BCUT2D eigenvalue weighted by Crippen LogP contribution is -2.16. The molecule has 0 amide bonds. The normalized spacial score (nSPS) is 20.0. The molecule has 13 heavy (non-hydrogen) atoms. The van der Waals surface area contributed by atoms with Gasteiger partial charge in [-0.25, -0.2) is 0 Å². The molecule has 1 N–H and O–H groups in total. The molecule has 1 atom stereocenters. The average Bonchev–Trinajstić information content (AvgIpc) is 2.39. The molecule has 3 nitrogen and oxygen atoms in total. The Morgan fingerprint density at radius 2 is 2.08 bits per heavy atom. The van der Waals surface area contributed by atoms with E-state index in [1.165, 1.54) is 0 Å². The molecule has 1 aromatic rings. The van der Waals surface area contributed by atoms with Gasteiger partial charge >= 0.3 is 5.97 Å². The van der Waals surface area contributed by atoms with Gasteiger partial charge in [0.15, 0.2) is 5.78 Å². The average molecular weight is 176 g/mol. The van der Waals surface area contributed by atoms with Crippen molar-refractivity contribution in [2.45, 2.75) is 12.3 Å². The summed E-state index contributed by atoms with van der Waals surface area (Å²) in [5, 5.41) is 8.81. The second-order valence-electron chi connectivity index (χ2n) is 3.11. The first-order valence-electron chi connectivity index (χ1n) is 4.03. The number of benzene rings is 1. The third-order valence-electron chi connectivity index (χ3n) is 2.30. The summed E-state index contributed by atoms with van der Waals surface area (Å²) in [5.74, 6) is -2.19. The minimum Gasteiger partial charge on any atom is -0.480 e. The fraction of sp³-hybridized carbons (Fsp3) is 0.200. The van der Waals surface area contributed by atoms with Crippen LogP contribution in [0.2, 0.25) is 0 Å². The summed E-state index contributed by atoms with van der Waals surface area (Å²) < 4.78 is 0. The zero-order valence-corrected chi connectivity index (χ0v) is 6.86. The van der Waals surface area contributed by atoms with Gasteiger partial charge in [0.25, 0.3) is 0 Å². The second kappa shape index (κ2) is 2.69. The van der Waals surface area contributed by atoms with Gasteiger partial charge in [0.2, 0.25) is 0 Å². The number of carboxylic acids is 1. The Kier molecular flexibility index (Phi) is 1.65. The van der Waals surface area contributed by atoms with Crippen molar-refractivity contribution in [3.05, 3.63) is 35.4 Å². The number of ketones is 1. The summed E-state index contributed by atoms with van der Waals surface area (Å²) in [4.78, 5) is 22.0. The van der Waals surface area contributed by atoms with Crippen molar-refractivity contribution in [3.8, 4) is 0 Å². The molecule has 0 aliphatic heterocycles. The number of rotatable bonds is 1. The van der Waals surface area contributed by atoms with Crippen molar-refractivity contribution in [1.82, 2.24) is 0 Å². The Hall–Kier alpha value is -1.64. The van der Waals surface area contributed by atoms with Gasteiger partial charge in [-0.1, -0.05) is 24.3 Å². The molecule has 2 rings (SSSR count). The van der Waals surface area contributed by atoms with E-state index < -0.39 is 11.9 Å². The molecule has 0 radical (unpaired) electrons. The van der Waals surface area contributed by atoms with Crippen LogP contribution in [0.4, 0.5) is 0 Å². The number of hydrogen-bond acceptors (Lipinski definition) is 2. The van der Waals surface area contributed by atoms with Crippen LogP contribution in [0.25, 0.3) is 0 Å². The van der Waals surface area contributed by atoms with Crippen LogP contribution in [-0.2, 0) is 16.0 Å². The highest BCUT2D eigenvalue weighted by Gasteiger charge is 2.35. The summed E-state index contributed by atoms with van der Waals surface area (Å²) in [5.41, 5.74) is 1.50. The maximum absolute atomic E-state index is 11.3. The summed E-state index contributed by atoms with van der Waals surface area (Å²) >= 11 is 0. The standard InChI is InChI=1S/C10H8O3/c11-8-5-6-3-1-2-4-7(6)9(8)10(12)13/h1-4,9H,5H2,(H,12,13). The number of fused-ring (bicyclic) bond motifs is 1. The Labute approximate surface area is 75.0 Å². The first-order valence-corrected chi connectivity index (χ1v) is 4.03. The smallest absolute Gasteiger partial charge is 0.318 e. The minimum absolute atomic E-state index is 0.214. The second-order valence-corrected chi connectivity index (χ2v) is 3.11. The van der Waals surface area contributed by atoms with Gasteiger partial charge in [-0.15, -0.1) is 0 Å². The Bertz CT molecular complexity index is 382. The highest BCUT2D eigenvalue weighted by Crippen LogP contribution is 2.29. The van der Waals surface area contributed by atoms with Gasteiger partial charge in [0.05, 0.1) is 0 Å². The first-order chi connectivity index (χ1) is 6.20. The number of carbonyl (C=O) groups is 2. The molecule has 0 saturated heterocycles. The van der Waals surface area contributed by atoms with Crippen molar-refractivity contribution in [3.63, 3.8) is 0 Å². The van der Waals surface area contributed by atoms with Crippen molar-refractivity contribution in [2.75, 3.05) is 0 Å². The molecule has 0 spiro atoms. The fourth-order valence-electron chi connectivity index (χ4n) is 1.71. The SMILES string of the molecule is O=C(O)C1C(=O)Cc2ccccc21. The third-order valence-corrected chi connectivity index (χ3v) is 2.30. The van der Waals surface area contributed by atoms with E-state index in [4.69, 9.17) is 5.11 Å². The largest absolute Gasteiger partial charge is 0.480 e. The molecule has 66 valence electrons. The first kappa shape index (κ1) is 7.98. The lowest BCUT2D eigenvalue weighted by atomic mass is 10.0. The number of carboxylic acid groups (broad SMARTS) is 1. The van der Waals surface area contributed by atoms with E-state index in [9.17, 15) is 9.59 Å². The lowest BCUT2D eigenvalue weighted by molar-refractivity contribution is -0.141. The van der Waals surface area contributed by atoms with Crippen LogP contribution in [0.5, 0.6) is 0 Å². The lowest BCUT2D eigenvalue weighted by Gasteiger charge is -2.02. The molecule has 0 aromatic heterocycles. The Balaban J connectivity index is 2.52. The van der Waals surface area contributed by atoms with Crippen LogP contribution < -0.4 is 0 Å². The predicted octanol–water partition coefficient (Wildman–Crippen LogP) is 0.980. The minimum atomic E-state index is -1.05. The molecular weight excluding hydrogens is 168 g/mol. The zero-order valence-electron chi connectivity index (χ0n) is 6.86. The summed E-state index contributed by atoms with van der Waals surface area (Å²) in [6.07, 6.45) is 0.257. The maximum atomic E-state index is 11.3. The van der Waals surface area contributed by atoms with Crippen molar-refractivity contribution in [1.29, 1.82) is 0 Å². The van der Waals surface area contributed by atoms with Crippen molar-refractivity contribution >= 4 is 11.8 Å². The van der Waals surface area contributed by atoms with Gasteiger partial charge in [-0.05, 0) is 11.1 Å². The van der Waals surface area contributed by atoms with Crippen molar-refractivity contribution < 1.29 is 14.7 Å². The Morgan fingerprint density at radius 1 is 1.38 bits per heavy atom. The van der Waals surface area contributed by atoms with Gasteiger partial charge in [-0.2, -0.15) is 0 Å². The van der Waals surface area contributed by atoms with Gasteiger partial charge < -0.3 is 5.11 Å². The number of aliphatic carboxylic acids is 1. The topological polar surface area (TPSA) is 54.4 Å². The summed E-state index contributed by atoms with van der Waals surface area (Å²) in [6, 6.07) is 7.08. The van der Waals surface area contributed by atoms with Crippen molar-refractivity contribution in [2.24, 2.45) is 0 Å². The van der Waals surface area contributed by atoms with Crippen LogP contribution >= 0.6 is 0 Å². The van der Waals surface area contributed by atoms with E-state index in [-0.39, 0.29) is 12.2 Å². The molecule has 0 bridgehead atoms. The maximum Gasteiger partial charge on any atom is 0.318 e. The molecule has 3 heteroatoms. The van der Waals surface area contributed by atoms with E-state index in [1.807, 2.05) is 6.07 Å². The third kappa shape index (κ3) is 1.13. The van der Waals surface area contributed by atoms with Gasteiger partial charge in [0, 0.05) is 6.42 Å². The van der Waals surface area contributed by atoms with Crippen LogP contribution in [-0.4, -0.2) is 16.9 Å². The molecule has 0 heterocycles. The predicted molar refractivity (Wildman–Crippen MR) is 45.5 cm³/mol. The number of hydrogen-bond donors (Lipinski definition) is 1. The molecule has 1 aromatic carbocycles. The highest BCUT2D eigenvalue weighted by molar-refractivity contribution is 6.07. The van der Waals surface area contributed by atoms with E-state index in [2.05, 4.69) is 0 Å². The molecule has 1 unspecified atom stereocenters. The number of carbonyl (C=O) groups excluding carboxylic acids is 1. The fourth-order valence-corrected chi connectivity index (χ4v) is 1.71. The van der Waals surface area contributed by atoms with E-state index in [0.717, 1.165) is 5.56 Å². The van der Waals surface area contributed by atoms with E-state index >= 15 is 0 Å². The van der Waals surface area contributed by atoms with Crippen LogP contribution in [0.1, 0.15) is 17.0 Å². The molecule has 0 saturated carbocycles. The molecule has 1 aliphatic carbocycles. The quantitative estimate of drug-likeness (QED) is 0.649. The van der Waals surface area contributed by atoms with E-state index in [0.29, 0.717) is 5.56 Å². The highest BCUT2D eigenvalue weighted by atomic mass is 16.4. The summed E-state index contributed by atoms with van der Waals surface area (Å²) in [6.45, 7) is 0. The van der Waals surface area contributed by atoms with Gasteiger partial charge in [-0.3, -0.25) is 9.59 Å². The monoisotopic (exact) mass is 176 g/mol. The molecule has 0 fully saturated rings. The van der Waals surface area contributed by atoms with E-state index in [1.54, 1.807) is 18.2 Å². The Morgan fingerprint density at radius 3 is 2.77 bits per heavy atom. The van der Waals surface area contributed by atoms with Crippen LogP contribution in [0, 0.1) is 0 Å². The summed E-state index contributed by atoms with van der Waals surface area (Å²) in [7, 11) is 0. The zero-order chi connectivity index (χ0) is 9.42. The van der Waals surface area contributed by atoms with Crippen LogP contribution in [0.15, 0.2) is 24.3 Å². The molecular formula is C10H8O3. The van der Waals surface area contributed by atoms with Gasteiger partial charge in [0.1, 0.15) is 5.92 Å². The van der Waals surface area contributed by atoms with Crippen LogP contribution in [0.3, 0.4) is 0 Å².